The maximum Gasteiger partial charge on any atom is 0.345 e. The molecule has 5 heteroatoms. The fourth-order valence-electron chi connectivity index (χ4n) is 2.25. The monoisotopic (exact) mass is 269 g/mol. The number of carboxylic acid groups (broad SMARTS) is 1. The highest BCUT2D eigenvalue weighted by Crippen LogP contribution is 2.23. The van der Waals surface area contributed by atoms with Crippen LogP contribution in [-0.4, -0.2) is 41.8 Å². The topological polar surface area (TPSA) is 49.8 Å². The molecule has 0 saturated carbocycles. The zero-order valence-electron chi connectivity index (χ0n) is 10.8. The van der Waals surface area contributed by atoms with E-state index in [9.17, 15) is 4.79 Å². The number of rotatable bonds is 3. The van der Waals surface area contributed by atoms with Gasteiger partial charge in [-0.1, -0.05) is 0 Å². The Morgan fingerprint density at radius 1 is 1.67 bits per heavy atom. The molecule has 2 rings (SSSR count). The fourth-order valence-corrected chi connectivity index (χ4v) is 3.12. The van der Waals surface area contributed by atoms with Crippen molar-refractivity contribution < 1.29 is 14.6 Å². The highest BCUT2D eigenvalue weighted by atomic mass is 32.1. The van der Waals surface area contributed by atoms with Gasteiger partial charge in [0.1, 0.15) is 4.88 Å². The highest BCUT2D eigenvalue weighted by Gasteiger charge is 2.18. The van der Waals surface area contributed by atoms with Crippen LogP contribution in [-0.2, 0) is 11.3 Å². The molecule has 0 radical (unpaired) electrons. The van der Waals surface area contributed by atoms with Crippen molar-refractivity contribution in [3.05, 3.63) is 21.4 Å². The summed E-state index contributed by atoms with van der Waals surface area (Å²) in [5.41, 5.74) is 1.13. The van der Waals surface area contributed by atoms with Crippen LogP contribution in [0.1, 0.15) is 33.5 Å². The van der Waals surface area contributed by atoms with Crippen molar-refractivity contribution in [3.8, 4) is 0 Å². The van der Waals surface area contributed by atoms with Crippen molar-refractivity contribution in [1.82, 2.24) is 4.90 Å². The van der Waals surface area contributed by atoms with Crippen molar-refractivity contribution in [1.29, 1.82) is 0 Å². The maximum absolute atomic E-state index is 10.9. The SMILES string of the molecule is Cc1sc(C(=O)O)cc1CN1CCCOC(C)C1. The lowest BCUT2D eigenvalue weighted by Crippen LogP contribution is -2.29. The molecular formula is C13H19NO3S. The van der Waals surface area contributed by atoms with Crippen LogP contribution in [0.2, 0.25) is 0 Å². The summed E-state index contributed by atoms with van der Waals surface area (Å²) in [6.07, 6.45) is 1.30. The second kappa shape index (κ2) is 5.82. The minimum Gasteiger partial charge on any atom is -0.477 e. The van der Waals surface area contributed by atoms with Gasteiger partial charge < -0.3 is 9.84 Å². The average molecular weight is 269 g/mol. The van der Waals surface area contributed by atoms with Crippen LogP contribution in [0.3, 0.4) is 0 Å². The van der Waals surface area contributed by atoms with E-state index < -0.39 is 5.97 Å². The van der Waals surface area contributed by atoms with Gasteiger partial charge >= 0.3 is 5.97 Å². The van der Waals surface area contributed by atoms with Gasteiger partial charge in [0.05, 0.1) is 6.10 Å². The molecule has 1 fully saturated rings. The Bertz CT molecular complexity index is 430. The van der Waals surface area contributed by atoms with Crippen LogP contribution in [0.25, 0.3) is 0 Å². The smallest absolute Gasteiger partial charge is 0.345 e. The molecule has 0 bridgehead atoms. The van der Waals surface area contributed by atoms with E-state index in [2.05, 4.69) is 11.8 Å². The summed E-state index contributed by atoms with van der Waals surface area (Å²) < 4.78 is 5.61. The second-order valence-electron chi connectivity index (χ2n) is 4.77. The van der Waals surface area contributed by atoms with Crippen LogP contribution < -0.4 is 0 Å². The van der Waals surface area contributed by atoms with Crippen molar-refractivity contribution >= 4 is 17.3 Å². The number of aryl methyl sites for hydroxylation is 1. The molecule has 2 heterocycles. The zero-order valence-corrected chi connectivity index (χ0v) is 11.6. The molecule has 0 aromatic carbocycles. The van der Waals surface area contributed by atoms with Gasteiger partial charge in [0.2, 0.25) is 0 Å². The third-order valence-electron chi connectivity index (χ3n) is 3.16. The number of hydrogen-bond acceptors (Lipinski definition) is 4. The second-order valence-corrected chi connectivity index (χ2v) is 6.02. The normalized spacial score (nSPS) is 21.8. The predicted molar refractivity (Wildman–Crippen MR) is 71.3 cm³/mol. The number of aromatic carboxylic acids is 1. The lowest BCUT2D eigenvalue weighted by atomic mass is 10.2. The van der Waals surface area contributed by atoms with Crippen LogP contribution in [0.5, 0.6) is 0 Å². The van der Waals surface area contributed by atoms with Gasteiger partial charge in [-0.15, -0.1) is 11.3 Å². The van der Waals surface area contributed by atoms with Gasteiger partial charge in [-0.05, 0) is 31.9 Å². The minimum atomic E-state index is -0.832. The van der Waals surface area contributed by atoms with Gasteiger partial charge in [0.25, 0.3) is 0 Å². The summed E-state index contributed by atoms with van der Waals surface area (Å²) in [5, 5.41) is 8.99. The van der Waals surface area contributed by atoms with Crippen LogP contribution >= 0.6 is 11.3 Å². The molecule has 0 aliphatic carbocycles. The first-order valence-electron chi connectivity index (χ1n) is 6.23. The first-order chi connectivity index (χ1) is 8.56. The standard InChI is InChI=1S/C13H19NO3S/c1-9-7-14(4-3-5-17-9)8-11-6-12(13(15)16)18-10(11)2/h6,9H,3-5,7-8H2,1-2H3,(H,15,16). The van der Waals surface area contributed by atoms with Crippen molar-refractivity contribution in [2.24, 2.45) is 0 Å². The zero-order chi connectivity index (χ0) is 13.1. The molecule has 18 heavy (non-hydrogen) atoms. The lowest BCUT2D eigenvalue weighted by molar-refractivity contribution is 0.0666. The molecule has 0 spiro atoms. The molecule has 1 unspecified atom stereocenters. The van der Waals surface area contributed by atoms with E-state index in [1.807, 2.05) is 6.92 Å². The molecule has 100 valence electrons. The van der Waals surface area contributed by atoms with Gasteiger partial charge in [-0.3, -0.25) is 4.90 Å². The quantitative estimate of drug-likeness (QED) is 0.915. The molecule has 0 amide bonds. The van der Waals surface area contributed by atoms with Crippen LogP contribution in [0.15, 0.2) is 6.07 Å². The van der Waals surface area contributed by atoms with E-state index in [0.29, 0.717) is 4.88 Å². The Balaban J connectivity index is 2.05. The minimum absolute atomic E-state index is 0.255. The van der Waals surface area contributed by atoms with Gasteiger partial charge in [0.15, 0.2) is 0 Å². The van der Waals surface area contributed by atoms with Gasteiger partial charge in [0, 0.05) is 31.1 Å². The largest absolute Gasteiger partial charge is 0.477 e. The van der Waals surface area contributed by atoms with E-state index in [1.54, 1.807) is 6.07 Å². The summed E-state index contributed by atoms with van der Waals surface area (Å²) in [4.78, 5) is 14.8. The number of carboxylic acids is 1. The molecule has 4 nitrogen and oxygen atoms in total. The third kappa shape index (κ3) is 3.31. The summed E-state index contributed by atoms with van der Waals surface area (Å²) in [7, 11) is 0. The van der Waals surface area contributed by atoms with Crippen LogP contribution in [0.4, 0.5) is 0 Å². The van der Waals surface area contributed by atoms with E-state index in [0.717, 1.165) is 43.1 Å². The number of thiophene rings is 1. The summed E-state index contributed by atoms with van der Waals surface area (Å²) in [6, 6.07) is 1.80. The average Bonchev–Trinajstić information content (AvgIpc) is 2.54. The number of nitrogens with zero attached hydrogens (tertiary/aromatic N) is 1. The number of hydrogen-bond donors (Lipinski definition) is 1. The Labute approximate surface area is 111 Å². The molecular weight excluding hydrogens is 250 g/mol. The maximum atomic E-state index is 10.9. The van der Waals surface area contributed by atoms with Crippen molar-refractivity contribution in [2.75, 3.05) is 19.7 Å². The fraction of sp³-hybridized carbons (Fsp3) is 0.615. The van der Waals surface area contributed by atoms with Gasteiger partial charge in [-0.2, -0.15) is 0 Å². The number of carbonyl (C=O) groups is 1. The predicted octanol–water partition coefficient (Wildman–Crippen LogP) is 2.37. The Morgan fingerprint density at radius 2 is 2.44 bits per heavy atom. The first-order valence-corrected chi connectivity index (χ1v) is 7.04. The van der Waals surface area contributed by atoms with Crippen molar-refractivity contribution in [2.45, 2.75) is 32.9 Å². The van der Waals surface area contributed by atoms with Crippen LogP contribution in [0, 0.1) is 6.92 Å². The van der Waals surface area contributed by atoms with E-state index >= 15 is 0 Å². The summed E-state index contributed by atoms with van der Waals surface area (Å²) in [5.74, 6) is -0.832. The third-order valence-corrected chi connectivity index (χ3v) is 4.24. The molecule has 1 aliphatic rings. The molecule has 1 aromatic heterocycles. The molecule has 1 aliphatic heterocycles. The van der Waals surface area contributed by atoms with Crippen molar-refractivity contribution in [3.63, 3.8) is 0 Å². The van der Waals surface area contributed by atoms with Gasteiger partial charge in [-0.25, -0.2) is 4.79 Å². The first kappa shape index (κ1) is 13.5. The summed E-state index contributed by atoms with van der Waals surface area (Å²) >= 11 is 1.36. The number of ether oxygens (including phenoxy) is 1. The van der Waals surface area contributed by atoms with E-state index in [1.165, 1.54) is 11.3 Å². The molecule has 1 saturated heterocycles. The van der Waals surface area contributed by atoms with E-state index in [4.69, 9.17) is 9.84 Å². The highest BCUT2D eigenvalue weighted by molar-refractivity contribution is 7.14. The Hall–Kier alpha value is -0.910. The Kier molecular flexibility index (Phi) is 4.37. The molecule has 1 aromatic rings. The molecule has 1 N–H and O–H groups in total. The van der Waals surface area contributed by atoms with E-state index in [-0.39, 0.29) is 6.10 Å². The Morgan fingerprint density at radius 3 is 3.11 bits per heavy atom. The summed E-state index contributed by atoms with van der Waals surface area (Å²) in [6.45, 7) is 7.65. The molecule has 1 atom stereocenters. The lowest BCUT2D eigenvalue weighted by Gasteiger charge is -2.21.